The second-order valence-electron chi connectivity index (χ2n) is 25.7. The fraction of sp³-hybridized carbons (Fsp3) is 0.205. The monoisotopic (exact) mass is 1110 g/mol. The molecule has 0 bridgehead atoms. The van der Waals surface area contributed by atoms with Crippen molar-refractivity contribution in [2.45, 2.75) is 91.2 Å². The van der Waals surface area contributed by atoms with E-state index in [0.29, 0.717) is 6.61 Å². The number of aryl methyl sites for hydroxylation is 1. The first-order valence-electron chi connectivity index (χ1n) is 30.1. The molecule has 4 heterocycles. The number of hydrogen-bond donors (Lipinski definition) is 0. The molecule has 420 valence electrons. The fourth-order valence-corrected chi connectivity index (χ4v) is 14.2. The summed E-state index contributed by atoms with van der Waals surface area (Å²) < 4.78 is 23.5. The zero-order chi connectivity index (χ0) is 58.3. The molecular weight excluding hydrogens is 1040 g/mol. The zero-order valence-corrected chi connectivity index (χ0v) is 50.0. The smallest absolute Gasteiger partial charge is 0.188 e. The highest BCUT2D eigenvalue weighted by Crippen LogP contribution is 2.68. The van der Waals surface area contributed by atoms with Crippen molar-refractivity contribution in [1.29, 1.82) is 0 Å². The summed E-state index contributed by atoms with van der Waals surface area (Å²) in [5.41, 5.74) is 22.1. The molecular formula is C78H70N4O3. The Labute approximate surface area is 499 Å². The molecule has 3 aliphatic heterocycles. The van der Waals surface area contributed by atoms with Crippen LogP contribution in [0.5, 0.6) is 11.5 Å². The normalized spacial score (nSPS) is 17.3. The van der Waals surface area contributed by atoms with Gasteiger partial charge in [0.05, 0.1) is 40.2 Å². The summed E-state index contributed by atoms with van der Waals surface area (Å²) in [5.74, 6) is 1.53. The maximum atomic E-state index is 8.55. The first kappa shape index (κ1) is 52.4. The molecule has 0 saturated carbocycles. The van der Waals surface area contributed by atoms with Gasteiger partial charge in [-0.3, -0.25) is 0 Å². The summed E-state index contributed by atoms with van der Waals surface area (Å²) in [7, 11) is 0. The third-order valence-electron chi connectivity index (χ3n) is 18.2. The average molecular weight is 1110 g/mol. The lowest BCUT2D eigenvalue weighted by Crippen LogP contribution is -2.35. The van der Waals surface area contributed by atoms with E-state index in [9.17, 15) is 0 Å². The number of fused-ring (bicyclic) bond motifs is 16. The van der Waals surface area contributed by atoms with Crippen LogP contribution in [0.2, 0.25) is 0 Å². The number of hydrogen-bond acceptors (Lipinski definition) is 7. The molecule has 0 amide bonds. The number of para-hydroxylation sites is 5. The summed E-state index contributed by atoms with van der Waals surface area (Å²) in [4.78, 5) is 9.83. The molecule has 2 unspecified atom stereocenters. The van der Waals surface area contributed by atoms with Gasteiger partial charge >= 0.3 is 0 Å². The molecule has 10 aromatic rings. The molecule has 9 aromatic carbocycles. The molecule has 15 rings (SSSR count). The Hall–Kier alpha value is -9.46. The topological polar surface area (TPSA) is 44.6 Å². The van der Waals surface area contributed by atoms with E-state index in [0.717, 1.165) is 148 Å². The molecule has 0 saturated heterocycles. The molecule has 1 spiro atoms. The van der Waals surface area contributed by atoms with Crippen molar-refractivity contribution in [1.82, 2.24) is 0 Å². The number of anilines is 10. The molecule has 5 aliphatic rings. The maximum Gasteiger partial charge on any atom is 0.188 e. The van der Waals surface area contributed by atoms with Gasteiger partial charge in [-0.05, 0) is 151 Å². The summed E-state index contributed by atoms with van der Waals surface area (Å²) >= 11 is 0. The van der Waals surface area contributed by atoms with Gasteiger partial charge in [0.15, 0.2) is 11.2 Å². The van der Waals surface area contributed by atoms with Crippen LogP contribution < -0.4 is 29.1 Å². The largest absolute Gasteiger partial charge is 0.488 e. The Morgan fingerprint density at radius 1 is 0.624 bits per heavy atom. The third kappa shape index (κ3) is 7.99. The average Bonchev–Trinajstić information content (AvgIpc) is 1.53. The van der Waals surface area contributed by atoms with E-state index < -0.39 is 5.60 Å². The number of furan rings is 1. The minimum atomic E-state index is -1.34. The van der Waals surface area contributed by atoms with Gasteiger partial charge in [0.2, 0.25) is 0 Å². The van der Waals surface area contributed by atoms with Crippen LogP contribution in [-0.2, 0) is 16.4 Å². The van der Waals surface area contributed by atoms with Gasteiger partial charge in [0.1, 0.15) is 29.4 Å². The lowest BCUT2D eigenvalue weighted by atomic mass is 9.81. The standard InChI is InChI=1S/C78H70N4O3/c1-11-79-62-30-15-16-31-63(62)82-61-29-14-13-28-58(61)78(85-68-34-20-32-64(79)73(68)82)59-47-66(81(56-26-19-23-49(3)45-56)54-41-37-52(38-42-54)77(8,9)10)74-70(57-27-12-17-33-67(57)84-74)71(59)72-60(78)46-65(69-50(4)24-21-43-83-75(69)72)80(55-25-18-22-48(2)44-55)53-39-35-51(36-40-53)76(5,6)7/h12-42,45-47,55H,4,11,43-44H2,1-3,5-10H3. The lowest BCUT2D eigenvalue weighted by Gasteiger charge is -2.40. The van der Waals surface area contributed by atoms with Gasteiger partial charge in [-0.25, -0.2) is 0 Å². The number of nitrogens with zero attached hydrogens (tertiary/aromatic N) is 4. The SMILES string of the molecule is C=C1C=CCOc2c1c(N(c1ccc(C(C)(C)C)cc1)C1C=CC=C(C)C1)cc1c2-c2c(cc(N(c3ccc(C(C)(C)C)cc3)c3cccc(C)c3)c3oc4ccccc4c23)C12Oc1cccc3c1N(c1ccccc1N3CC)c1ccccc12. The molecule has 2 aliphatic carbocycles. The van der Waals surface area contributed by atoms with Crippen molar-refractivity contribution >= 4 is 84.4 Å². The van der Waals surface area contributed by atoms with E-state index in [1.54, 1.807) is 0 Å². The van der Waals surface area contributed by atoms with Crippen LogP contribution in [0, 0.1) is 6.92 Å². The summed E-state index contributed by atoms with van der Waals surface area (Å²) in [5, 5.41) is 1.99. The zero-order valence-electron chi connectivity index (χ0n) is 50.0. The van der Waals surface area contributed by atoms with Crippen LogP contribution in [-0.4, -0.2) is 19.2 Å². The van der Waals surface area contributed by atoms with Crippen molar-refractivity contribution in [3.8, 4) is 22.6 Å². The Kier molecular flexibility index (Phi) is 11.9. The van der Waals surface area contributed by atoms with Gasteiger partial charge in [-0.1, -0.05) is 169 Å². The molecule has 0 N–H and O–H groups in total. The van der Waals surface area contributed by atoms with Crippen LogP contribution in [0.25, 0.3) is 38.6 Å². The van der Waals surface area contributed by atoms with Crippen LogP contribution in [0.3, 0.4) is 0 Å². The van der Waals surface area contributed by atoms with Crippen LogP contribution in [0.15, 0.2) is 223 Å². The first-order chi connectivity index (χ1) is 41.1. The number of rotatable bonds is 7. The molecule has 85 heavy (non-hydrogen) atoms. The highest BCUT2D eigenvalue weighted by atomic mass is 16.5. The van der Waals surface area contributed by atoms with E-state index in [-0.39, 0.29) is 16.9 Å². The minimum absolute atomic E-state index is 0.0419. The molecule has 7 nitrogen and oxygen atoms in total. The van der Waals surface area contributed by atoms with E-state index in [1.807, 2.05) is 0 Å². The van der Waals surface area contributed by atoms with Gasteiger partial charge in [0.25, 0.3) is 0 Å². The van der Waals surface area contributed by atoms with Gasteiger partial charge in [0, 0.05) is 67.8 Å². The molecule has 1 aromatic heterocycles. The number of allylic oxidation sites excluding steroid dienone is 4. The first-order valence-corrected chi connectivity index (χ1v) is 30.1. The third-order valence-corrected chi connectivity index (χ3v) is 18.2. The highest BCUT2D eigenvalue weighted by Gasteiger charge is 2.56. The molecule has 0 radical (unpaired) electrons. The van der Waals surface area contributed by atoms with Crippen molar-refractivity contribution in [3.63, 3.8) is 0 Å². The molecule has 0 fully saturated rings. The fourth-order valence-electron chi connectivity index (χ4n) is 14.2. The summed E-state index contributed by atoms with van der Waals surface area (Å²) in [6.07, 6.45) is 11.9. The molecule has 7 heteroatoms. The van der Waals surface area contributed by atoms with E-state index in [2.05, 4.69) is 288 Å². The Balaban J connectivity index is 1.14. The summed E-state index contributed by atoms with van der Waals surface area (Å²) in [6.45, 7) is 26.4. The van der Waals surface area contributed by atoms with E-state index in [1.165, 1.54) is 16.7 Å². The quantitative estimate of drug-likeness (QED) is 0.158. The van der Waals surface area contributed by atoms with Gasteiger partial charge in [-0.15, -0.1) is 0 Å². The second kappa shape index (κ2) is 19.3. The van der Waals surface area contributed by atoms with Gasteiger partial charge < -0.3 is 33.5 Å². The van der Waals surface area contributed by atoms with Crippen LogP contribution >= 0.6 is 0 Å². The predicted molar refractivity (Wildman–Crippen MR) is 354 cm³/mol. The van der Waals surface area contributed by atoms with Crippen molar-refractivity contribution in [3.05, 3.63) is 257 Å². The van der Waals surface area contributed by atoms with Crippen molar-refractivity contribution in [2.75, 3.05) is 32.8 Å². The van der Waals surface area contributed by atoms with Crippen molar-refractivity contribution < 1.29 is 13.9 Å². The number of ether oxygens (including phenoxy) is 2. The van der Waals surface area contributed by atoms with E-state index >= 15 is 0 Å². The van der Waals surface area contributed by atoms with Crippen molar-refractivity contribution in [2.24, 2.45) is 0 Å². The highest BCUT2D eigenvalue weighted by molar-refractivity contribution is 6.21. The Bertz CT molecular complexity index is 4510. The minimum Gasteiger partial charge on any atom is -0.488 e. The number of benzene rings is 9. The van der Waals surface area contributed by atoms with Gasteiger partial charge in [-0.2, -0.15) is 0 Å². The second-order valence-corrected chi connectivity index (χ2v) is 25.7. The Morgan fingerprint density at radius 2 is 1.28 bits per heavy atom. The molecule has 2 atom stereocenters. The lowest BCUT2D eigenvalue weighted by molar-refractivity contribution is 0.164. The van der Waals surface area contributed by atoms with Crippen LogP contribution in [0.1, 0.15) is 101 Å². The predicted octanol–water partition coefficient (Wildman–Crippen LogP) is 20.9. The Morgan fingerprint density at radius 3 is 2.01 bits per heavy atom. The van der Waals surface area contributed by atoms with E-state index in [4.69, 9.17) is 20.5 Å². The van der Waals surface area contributed by atoms with Crippen LogP contribution in [0.4, 0.5) is 56.9 Å². The summed E-state index contributed by atoms with van der Waals surface area (Å²) in [6, 6.07) is 64.9. The maximum absolute atomic E-state index is 8.55.